The fourth-order valence-electron chi connectivity index (χ4n) is 1.62. The zero-order valence-electron chi connectivity index (χ0n) is 8.65. The van der Waals surface area contributed by atoms with E-state index in [-0.39, 0.29) is 0 Å². The van der Waals surface area contributed by atoms with E-state index >= 15 is 0 Å². The number of aromatic hydroxyl groups is 1. The van der Waals surface area contributed by atoms with E-state index in [0.29, 0.717) is 5.75 Å². The van der Waals surface area contributed by atoms with Gasteiger partial charge < -0.3 is 5.11 Å². The van der Waals surface area contributed by atoms with Gasteiger partial charge in [-0.25, -0.2) is 0 Å². The van der Waals surface area contributed by atoms with Gasteiger partial charge in [0.15, 0.2) is 0 Å². The lowest BCUT2D eigenvalue weighted by Crippen LogP contribution is -1.96. The third-order valence-electron chi connectivity index (χ3n) is 2.38. The fourth-order valence-corrected chi connectivity index (χ4v) is 2.06. The Bertz CT molecular complexity index is 485. The first-order valence-electron chi connectivity index (χ1n) is 5.01. The molecule has 0 radical (unpaired) electrons. The van der Waals surface area contributed by atoms with Gasteiger partial charge in [-0.15, -0.1) is 0 Å². The van der Waals surface area contributed by atoms with Gasteiger partial charge in [0.05, 0.1) is 0 Å². The summed E-state index contributed by atoms with van der Waals surface area (Å²) in [5.41, 5.74) is 3.39. The Morgan fingerprint density at radius 2 is 1.69 bits per heavy atom. The molecule has 16 heavy (non-hydrogen) atoms. The van der Waals surface area contributed by atoms with Crippen molar-refractivity contribution in [3.8, 4) is 16.9 Å². The van der Waals surface area contributed by atoms with E-state index in [1.807, 2.05) is 24.3 Å². The minimum Gasteiger partial charge on any atom is -0.508 e. The van der Waals surface area contributed by atoms with Gasteiger partial charge in [0.2, 0.25) is 0 Å². The number of rotatable bonds is 3. The lowest BCUT2D eigenvalue weighted by atomic mass is 10.0. The van der Waals surface area contributed by atoms with Crippen molar-refractivity contribution in [3.05, 3.63) is 54.1 Å². The zero-order chi connectivity index (χ0) is 11.4. The van der Waals surface area contributed by atoms with Crippen molar-refractivity contribution in [2.75, 3.05) is 0 Å². The first-order chi connectivity index (χ1) is 7.79. The SMILES string of the molecule is Oc1cccc(-c2cccc(CNI)c2)c1. The van der Waals surface area contributed by atoms with Crippen LogP contribution in [0, 0.1) is 0 Å². The van der Waals surface area contributed by atoms with Crippen molar-refractivity contribution in [2.45, 2.75) is 6.54 Å². The molecule has 2 rings (SSSR count). The first kappa shape index (κ1) is 11.4. The molecular weight excluding hydrogens is 313 g/mol. The van der Waals surface area contributed by atoms with Gasteiger partial charge in [-0.2, -0.15) is 0 Å². The summed E-state index contributed by atoms with van der Waals surface area (Å²) < 4.78 is 3.09. The van der Waals surface area contributed by atoms with Crippen molar-refractivity contribution in [1.82, 2.24) is 3.53 Å². The molecule has 0 atom stereocenters. The Morgan fingerprint density at radius 3 is 2.38 bits per heavy atom. The van der Waals surface area contributed by atoms with Crippen LogP contribution in [0.1, 0.15) is 5.56 Å². The number of benzene rings is 2. The average molecular weight is 325 g/mol. The number of hydrogen-bond acceptors (Lipinski definition) is 2. The lowest BCUT2D eigenvalue weighted by molar-refractivity contribution is 0.475. The predicted octanol–water partition coefficient (Wildman–Crippen LogP) is 3.50. The van der Waals surface area contributed by atoms with Gasteiger partial charge in [-0.3, -0.25) is 3.53 Å². The summed E-state index contributed by atoms with van der Waals surface area (Å²) >= 11 is 2.13. The van der Waals surface area contributed by atoms with E-state index < -0.39 is 0 Å². The summed E-state index contributed by atoms with van der Waals surface area (Å²) in [6.45, 7) is 0.840. The third-order valence-corrected chi connectivity index (χ3v) is 2.76. The Labute approximate surface area is 109 Å². The number of phenolic OH excluding ortho intramolecular Hbond substituents is 1. The Hall–Kier alpha value is -1.07. The van der Waals surface area contributed by atoms with E-state index in [2.05, 4.69) is 38.5 Å². The summed E-state index contributed by atoms with van der Waals surface area (Å²) in [6.07, 6.45) is 0. The molecule has 0 aliphatic rings. The molecule has 0 aliphatic carbocycles. The van der Waals surface area contributed by atoms with Crippen LogP contribution in [-0.4, -0.2) is 5.11 Å². The van der Waals surface area contributed by atoms with E-state index in [9.17, 15) is 5.11 Å². The quantitative estimate of drug-likeness (QED) is 0.669. The maximum Gasteiger partial charge on any atom is 0.116 e. The first-order valence-corrected chi connectivity index (χ1v) is 6.09. The van der Waals surface area contributed by atoms with E-state index in [1.54, 1.807) is 12.1 Å². The van der Waals surface area contributed by atoms with Gasteiger partial charge >= 0.3 is 0 Å². The van der Waals surface area contributed by atoms with Gasteiger partial charge in [0, 0.05) is 29.4 Å². The summed E-state index contributed by atoms with van der Waals surface area (Å²) in [5.74, 6) is 0.301. The van der Waals surface area contributed by atoms with Crippen LogP contribution in [0.2, 0.25) is 0 Å². The topological polar surface area (TPSA) is 32.3 Å². The molecule has 0 heterocycles. The average Bonchev–Trinajstić information content (AvgIpc) is 2.30. The summed E-state index contributed by atoms with van der Waals surface area (Å²) in [7, 11) is 0. The molecule has 2 aromatic carbocycles. The van der Waals surface area contributed by atoms with Crippen molar-refractivity contribution < 1.29 is 5.11 Å². The monoisotopic (exact) mass is 325 g/mol. The molecule has 0 aliphatic heterocycles. The molecule has 0 saturated heterocycles. The largest absolute Gasteiger partial charge is 0.508 e. The third kappa shape index (κ3) is 2.74. The normalized spacial score (nSPS) is 10.3. The second kappa shape index (κ2) is 5.32. The lowest BCUT2D eigenvalue weighted by Gasteiger charge is -2.05. The van der Waals surface area contributed by atoms with E-state index in [1.165, 1.54) is 5.56 Å². The highest BCUT2D eigenvalue weighted by Crippen LogP contribution is 2.23. The predicted molar refractivity (Wildman–Crippen MR) is 74.4 cm³/mol. The number of hydrogen-bond donors (Lipinski definition) is 2. The Kier molecular flexibility index (Phi) is 3.79. The maximum atomic E-state index is 9.43. The van der Waals surface area contributed by atoms with Crippen LogP contribution in [-0.2, 0) is 6.54 Å². The van der Waals surface area contributed by atoms with Gasteiger partial charge in [0.1, 0.15) is 5.75 Å². The highest BCUT2D eigenvalue weighted by Gasteiger charge is 1.99. The molecule has 0 amide bonds. The standard InChI is InChI=1S/C13H12INO/c14-15-9-10-3-1-4-11(7-10)12-5-2-6-13(16)8-12/h1-8,15-16H,9H2. The van der Waals surface area contributed by atoms with Gasteiger partial charge in [-0.1, -0.05) is 30.3 Å². The summed E-state index contributed by atoms with van der Waals surface area (Å²) in [5, 5.41) is 9.43. The van der Waals surface area contributed by atoms with Crippen LogP contribution in [0.5, 0.6) is 5.75 Å². The molecule has 0 spiro atoms. The van der Waals surface area contributed by atoms with Gasteiger partial charge in [0.25, 0.3) is 0 Å². The Balaban J connectivity index is 2.36. The van der Waals surface area contributed by atoms with Crippen LogP contribution < -0.4 is 3.53 Å². The van der Waals surface area contributed by atoms with E-state index in [4.69, 9.17) is 0 Å². The van der Waals surface area contributed by atoms with Gasteiger partial charge in [-0.05, 0) is 34.9 Å². The van der Waals surface area contributed by atoms with E-state index in [0.717, 1.165) is 17.7 Å². The van der Waals surface area contributed by atoms with Crippen LogP contribution in [0.4, 0.5) is 0 Å². The van der Waals surface area contributed by atoms with Crippen molar-refractivity contribution >= 4 is 22.9 Å². The second-order valence-electron chi connectivity index (χ2n) is 3.56. The van der Waals surface area contributed by atoms with Crippen LogP contribution in [0.15, 0.2) is 48.5 Å². The fraction of sp³-hybridized carbons (Fsp3) is 0.0769. The Morgan fingerprint density at radius 1 is 1.00 bits per heavy atom. The number of halogens is 1. The number of nitrogens with one attached hydrogen (secondary N) is 1. The van der Waals surface area contributed by atoms with Crippen molar-refractivity contribution in [2.24, 2.45) is 0 Å². The molecule has 0 fully saturated rings. The smallest absolute Gasteiger partial charge is 0.116 e. The molecule has 82 valence electrons. The maximum absolute atomic E-state index is 9.43. The van der Waals surface area contributed by atoms with Crippen LogP contribution in [0.3, 0.4) is 0 Å². The molecular formula is C13H12INO. The molecule has 2 aromatic rings. The molecule has 3 heteroatoms. The molecule has 0 saturated carbocycles. The van der Waals surface area contributed by atoms with Crippen molar-refractivity contribution in [1.29, 1.82) is 0 Å². The molecule has 0 aromatic heterocycles. The number of phenols is 1. The molecule has 0 unspecified atom stereocenters. The highest BCUT2D eigenvalue weighted by atomic mass is 127. The highest BCUT2D eigenvalue weighted by molar-refractivity contribution is 14.1. The van der Waals surface area contributed by atoms with Crippen LogP contribution >= 0.6 is 22.9 Å². The summed E-state index contributed by atoms with van der Waals surface area (Å²) in [4.78, 5) is 0. The molecule has 2 N–H and O–H groups in total. The minimum absolute atomic E-state index is 0.301. The minimum atomic E-state index is 0.301. The zero-order valence-corrected chi connectivity index (χ0v) is 10.8. The van der Waals surface area contributed by atoms with Crippen molar-refractivity contribution in [3.63, 3.8) is 0 Å². The molecule has 0 bridgehead atoms. The summed E-state index contributed by atoms with van der Waals surface area (Å²) in [6, 6.07) is 15.6. The molecule has 2 nitrogen and oxygen atoms in total. The second-order valence-corrected chi connectivity index (χ2v) is 4.32. The van der Waals surface area contributed by atoms with Crippen LogP contribution in [0.25, 0.3) is 11.1 Å².